The fourth-order valence-corrected chi connectivity index (χ4v) is 1.06. The van der Waals surface area contributed by atoms with E-state index in [1.54, 1.807) is 24.3 Å². The SMILES string of the molecule is O=[PH](O)c1ccccc1.[CaH2]. The summed E-state index contributed by atoms with van der Waals surface area (Å²) in [4.78, 5) is 8.57. The van der Waals surface area contributed by atoms with Crippen molar-refractivity contribution < 1.29 is 9.46 Å². The molecule has 1 aromatic rings. The van der Waals surface area contributed by atoms with Gasteiger partial charge in [-0.15, -0.1) is 0 Å². The molecule has 0 aliphatic carbocycles. The molecule has 0 saturated carbocycles. The van der Waals surface area contributed by atoms with E-state index in [1.807, 2.05) is 6.07 Å². The molecular formula is C6H9CaO2P. The second kappa shape index (κ2) is 5.34. The molecule has 4 heteroatoms. The first kappa shape index (κ1) is 10.7. The third kappa shape index (κ3) is 3.18. The molecule has 0 aliphatic rings. The van der Waals surface area contributed by atoms with Crippen LogP contribution in [-0.2, 0) is 4.57 Å². The van der Waals surface area contributed by atoms with Crippen LogP contribution in [-0.4, -0.2) is 42.6 Å². The first-order valence-corrected chi connectivity index (χ1v) is 3.94. The molecule has 0 aromatic heterocycles. The van der Waals surface area contributed by atoms with Crippen molar-refractivity contribution in [3.05, 3.63) is 30.3 Å². The number of benzene rings is 1. The van der Waals surface area contributed by atoms with E-state index in [0.717, 1.165) is 0 Å². The van der Waals surface area contributed by atoms with Gasteiger partial charge in [0.25, 0.3) is 0 Å². The summed E-state index contributed by atoms with van der Waals surface area (Å²) < 4.78 is 10.4. The second-order valence-electron chi connectivity index (χ2n) is 1.67. The maximum absolute atomic E-state index is 10.4. The van der Waals surface area contributed by atoms with Gasteiger partial charge in [-0.25, -0.2) is 0 Å². The summed E-state index contributed by atoms with van der Waals surface area (Å²) in [6.07, 6.45) is 0. The molecule has 0 amide bonds. The third-order valence-electron chi connectivity index (χ3n) is 1.02. The average molecular weight is 184 g/mol. The zero-order valence-corrected chi connectivity index (χ0v) is 5.74. The Morgan fingerprint density at radius 3 is 2.00 bits per heavy atom. The molecule has 0 spiro atoms. The minimum absolute atomic E-state index is 0. The predicted octanol–water partition coefficient (Wildman–Crippen LogP) is -0.137. The summed E-state index contributed by atoms with van der Waals surface area (Å²) in [5.74, 6) is 0. The van der Waals surface area contributed by atoms with Gasteiger partial charge in [-0.2, -0.15) is 0 Å². The summed E-state index contributed by atoms with van der Waals surface area (Å²) in [6, 6.07) is 8.58. The molecule has 1 N–H and O–H groups in total. The number of hydrogen-bond donors (Lipinski definition) is 1. The summed E-state index contributed by atoms with van der Waals surface area (Å²) in [5.41, 5.74) is 0. The van der Waals surface area contributed by atoms with E-state index in [2.05, 4.69) is 0 Å². The van der Waals surface area contributed by atoms with Gasteiger partial charge in [-0.3, -0.25) is 4.57 Å². The Morgan fingerprint density at radius 1 is 1.20 bits per heavy atom. The Bertz CT molecular complexity index is 212. The van der Waals surface area contributed by atoms with Gasteiger partial charge in [-0.05, 0) is 12.1 Å². The normalized spacial score (nSPS) is 11.7. The summed E-state index contributed by atoms with van der Waals surface area (Å²) in [7, 11) is -2.46. The Hall–Kier alpha value is 0.670. The average Bonchev–Trinajstić information content (AvgIpc) is 1.90. The first-order chi connectivity index (χ1) is 4.30. The molecule has 0 fully saturated rings. The molecule has 0 radical (unpaired) electrons. The molecule has 0 aliphatic heterocycles. The van der Waals surface area contributed by atoms with Crippen molar-refractivity contribution >= 4 is 51.1 Å². The van der Waals surface area contributed by atoms with E-state index >= 15 is 0 Å². The van der Waals surface area contributed by atoms with E-state index in [4.69, 9.17) is 4.89 Å². The van der Waals surface area contributed by atoms with Gasteiger partial charge in [0, 0.05) is 5.30 Å². The molecule has 1 unspecified atom stereocenters. The molecule has 1 atom stereocenters. The van der Waals surface area contributed by atoms with Gasteiger partial charge < -0.3 is 4.89 Å². The molecule has 0 saturated heterocycles. The van der Waals surface area contributed by atoms with Crippen LogP contribution in [0.2, 0.25) is 0 Å². The van der Waals surface area contributed by atoms with Crippen LogP contribution in [0.3, 0.4) is 0 Å². The maximum atomic E-state index is 10.4. The molecule has 52 valence electrons. The predicted molar refractivity (Wildman–Crippen MR) is 45.8 cm³/mol. The van der Waals surface area contributed by atoms with Crippen LogP contribution < -0.4 is 5.30 Å². The van der Waals surface area contributed by atoms with Crippen molar-refractivity contribution in [3.8, 4) is 0 Å². The van der Waals surface area contributed by atoms with E-state index in [-0.39, 0.29) is 37.7 Å². The molecule has 2 nitrogen and oxygen atoms in total. The number of hydrogen-bond acceptors (Lipinski definition) is 1. The van der Waals surface area contributed by atoms with Gasteiger partial charge in [0.15, 0.2) is 0 Å². The topological polar surface area (TPSA) is 37.3 Å². The summed E-state index contributed by atoms with van der Waals surface area (Å²) in [6.45, 7) is 0. The first-order valence-electron chi connectivity index (χ1n) is 2.59. The van der Waals surface area contributed by atoms with Gasteiger partial charge in [0.05, 0.1) is 0 Å². The van der Waals surface area contributed by atoms with Crippen molar-refractivity contribution in [2.45, 2.75) is 0 Å². The summed E-state index contributed by atoms with van der Waals surface area (Å²) in [5, 5.41) is 0.516. The van der Waals surface area contributed by atoms with Gasteiger partial charge >= 0.3 is 37.7 Å². The van der Waals surface area contributed by atoms with Gasteiger partial charge in [-0.1, -0.05) is 18.2 Å². The third-order valence-corrected chi connectivity index (χ3v) is 1.85. The molecule has 1 aromatic carbocycles. The molecule has 10 heavy (non-hydrogen) atoms. The standard InChI is InChI=1S/C6H7O2P.Ca.2H/c7-9(8)6-4-2-1-3-5-6;;;/h1-5,9H,(H,7,8);;;. The Kier molecular flexibility index (Phi) is 5.69. The van der Waals surface area contributed by atoms with E-state index in [1.165, 1.54) is 0 Å². The summed E-state index contributed by atoms with van der Waals surface area (Å²) >= 11 is 0. The minimum atomic E-state index is -2.46. The Balaban J connectivity index is 0.000000810. The van der Waals surface area contributed by atoms with Crippen LogP contribution in [0.5, 0.6) is 0 Å². The van der Waals surface area contributed by atoms with E-state index in [9.17, 15) is 4.57 Å². The quantitative estimate of drug-likeness (QED) is 0.487. The second-order valence-corrected chi connectivity index (χ2v) is 2.86. The fourth-order valence-electron chi connectivity index (χ4n) is 0.581. The molecular weight excluding hydrogens is 175 g/mol. The van der Waals surface area contributed by atoms with Gasteiger partial charge in [0.2, 0.25) is 8.03 Å². The van der Waals surface area contributed by atoms with Crippen LogP contribution >= 0.6 is 8.03 Å². The van der Waals surface area contributed by atoms with Crippen LogP contribution in [0.25, 0.3) is 0 Å². The zero-order valence-electron chi connectivity index (χ0n) is 4.74. The Labute approximate surface area is 90.1 Å². The van der Waals surface area contributed by atoms with Crippen LogP contribution in [0, 0.1) is 0 Å². The van der Waals surface area contributed by atoms with Crippen molar-refractivity contribution in [3.63, 3.8) is 0 Å². The van der Waals surface area contributed by atoms with Crippen LogP contribution in [0.4, 0.5) is 0 Å². The van der Waals surface area contributed by atoms with E-state index in [0.29, 0.717) is 5.30 Å². The molecule has 0 bridgehead atoms. The van der Waals surface area contributed by atoms with Crippen molar-refractivity contribution in [2.75, 3.05) is 0 Å². The van der Waals surface area contributed by atoms with Crippen molar-refractivity contribution in [1.29, 1.82) is 0 Å². The van der Waals surface area contributed by atoms with Crippen molar-refractivity contribution in [1.82, 2.24) is 0 Å². The monoisotopic (exact) mass is 184 g/mol. The zero-order chi connectivity index (χ0) is 6.69. The fraction of sp³-hybridized carbons (Fsp3) is 0. The molecule has 0 heterocycles. The molecule has 1 rings (SSSR count). The van der Waals surface area contributed by atoms with E-state index < -0.39 is 8.03 Å². The Morgan fingerprint density at radius 2 is 1.70 bits per heavy atom. The van der Waals surface area contributed by atoms with Gasteiger partial charge in [0.1, 0.15) is 0 Å². The number of rotatable bonds is 1. The van der Waals surface area contributed by atoms with Crippen LogP contribution in [0.1, 0.15) is 0 Å². The van der Waals surface area contributed by atoms with Crippen molar-refractivity contribution in [2.24, 2.45) is 0 Å². The van der Waals surface area contributed by atoms with Crippen LogP contribution in [0.15, 0.2) is 30.3 Å².